The molecule has 4 nitrogen and oxygen atoms in total. The minimum atomic E-state index is -0.921. The molecule has 0 spiro atoms. The quantitative estimate of drug-likeness (QED) is 0.535. The lowest BCUT2D eigenvalue weighted by Crippen LogP contribution is -2.28. The van der Waals surface area contributed by atoms with Crippen LogP contribution in [0.4, 0.5) is 0 Å². The number of rotatable bonds is 2. The molecule has 1 aliphatic rings. The Morgan fingerprint density at radius 3 is 2.56 bits per heavy atom. The third kappa shape index (κ3) is 3.83. The predicted octanol–water partition coefficient (Wildman–Crippen LogP) is 1.92. The molecule has 1 fully saturated rings. The Morgan fingerprint density at radius 2 is 2.00 bits per heavy atom. The first-order valence-electron chi connectivity index (χ1n) is 5.70. The Bertz CT molecular complexity index is 270. The van der Waals surface area contributed by atoms with Crippen LogP contribution in [0.2, 0.25) is 0 Å². The van der Waals surface area contributed by atoms with E-state index >= 15 is 0 Å². The first-order chi connectivity index (χ1) is 7.44. The van der Waals surface area contributed by atoms with Gasteiger partial charge in [-0.2, -0.15) is 0 Å². The maximum atomic E-state index is 11.1. The highest BCUT2D eigenvalue weighted by Gasteiger charge is 2.29. The van der Waals surface area contributed by atoms with E-state index in [1.165, 1.54) is 13.5 Å². The van der Waals surface area contributed by atoms with Crippen molar-refractivity contribution in [1.29, 1.82) is 0 Å². The molecule has 92 valence electrons. The molecule has 0 aromatic rings. The summed E-state index contributed by atoms with van der Waals surface area (Å²) in [6.07, 6.45) is 4.49. The van der Waals surface area contributed by atoms with Crippen LogP contribution >= 0.6 is 0 Å². The van der Waals surface area contributed by atoms with Crippen LogP contribution in [-0.2, 0) is 19.1 Å². The van der Waals surface area contributed by atoms with Crippen molar-refractivity contribution in [3.8, 4) is 0 Å². The number of carbonyl (C=O) groups is 2. The molecular formula is C12H20O4. The molecule has 1 atom stereocenters. The minimum Gasteiger partial charge on any atom is -0.461 e. The molecular weight excluding hydrogens is 208 g/mol. The standard InChI is InChI=1S/C12H20O4/c1-12(2)6-4-5-9(7-12)8-16-11(14)10(13)15-3/h9H,4-8H2,1-3H3. The number of ether oxygens (including phenoxy) is 2. The van der Waals surface area contributed by atoms with Crippen molar-refractivity contribution in [2.45, 2.75) is 39.5 Å². The van der Waals surface area contributed by atoms with Crippen molar-refractivity contribution >= 4 is 11.9 Å². The topological polar surface area (TPSA) is 52.6 Å². The number of hydrogen-bond acceptors (Lipinski definition) is 4. The second kappa shape index (κ2) is 5.32. The van der Waals surface area contributed by atoms with Crippen LogP contribution in [0, 0.1) is 11.3 Å². The monoisotopic (exact) mass is 228 g/mol. The van der Waals surface area contributed by atoms with Gasteiger partial charge in [0.1, 0.15) is 0 Å². The summed E-state index contributed by atoms with van der Waals surface area (Å²) in [5.74, 6) is -1.43. The maximum absolute atomic E-state index is 11.1. The Hall–Kier alpha value is -1.06. The van der Waals surface area contributed by atoms with E-state index < -0.39 is 11.9 Å². The molecule has 1 aliphatic carbocycles. The smallest absolute Gasteiger partial charge is 0.417 e. The predicted molar refractivity (Wildman–Crippen MR) is 58.7 cm³/mol. The summed E-state index contributed by atoms with van der Waals surface area (Å²) in [5, 5.41) is 0. The Balaban J connectivity index is 2.33. The first kappa shape index (κ1) is 13.0. The van der Waals surface area contributed by atoms with E-state index in [1.54, 1.807) is 0 Å². The molecule has 0 aromatic heterocycles. The molecule has 0 heterocycles. The highest BCUT2D eigenvalue weighted by atomic mass is 16.6. The third-order valence-electron chi connectivity index (χ3n) is 3.11. The van der Waals surface area contributed by atoms with Crippen molar-refractivity contribution in [2.75, 3.05) is 13.7 Å². The Labute approximate surface area is 96.3 Å². The zero-order chi connectivity index (χ0) is 12.2. The Morgan fingerprint density at radius 1 is 1.31 bits per heavy atom. The molecule has 1 saturated carbocycles. The highest BCUT2D eigenvalue weighted by molar-refractivity contribution is 6.29. The minimum absolute atomic E-state index is 0.320. The molecule has 1 rings (SSSR count). The summed E-state index contributed by atoms with van der Waals surface area (Å²) < 4.78 is 9.19. The van der Waals surface area contributed by atoms with E-state index in [0.717, 1.165) is 19.3 Å². The van der Waals surface area contributed by atoms with Crippen molar-refractivity contribution in [3.63, 3.8) is 0 Å². The summed E-state index contributed by atoms with van der Waals surface area (Å²) in [4.78, 5) is 21.9. The molecule has 1 unspecified atom stereocenters. The van der Waals surface area contributed by atoms with Crippen LogP contribution in [0.25, 0.3) is 0 Å². The number of hydrogen-bond donors (Lipinski definition) is 0. The normalized spacial score (nSPS) is 23.6. The largest absolute Gasteiger partial charge is 0.461 e. The summed E-state index contributed by atoms with van der Waals surface area (Å²) >= 11 is 0. The summed E-state index contributed by atoms with van der Waals surface area (Å²) in [6.45, 7) is 4.78. The van der Waals surface area contributed by atoms with Gasteiger partial charge in [0.15, 0.2) is 0 Å². The average Bonchev–Trinajstić information content (AvgIpc) is 2.23. The van der Waals surface area contributed by atoms with Crippen LogP contribution in [0.5, 0.6) is 0 Å². The number of methoxy groups -OCH3 is 1. The third-order valence-corrected chi connectivity index (χ3v) is 3.11. The van der Waals surface area contributed by atoms with Crippen molar-refractivity contribution in [1.82, 2.24) is 0 Å². The van der Waals surface area contributed by atoms with Gasteiger partial charge in [0.05, 0.1) is 13.7 Å². The molecule has 0 amide bonds. The lowest BCUT2D eigenvalue weighted by atomic mass is 9.72. The molecule has 0 aliphatic heterocycles. The lowest BCUT2D eigenvalue weighted by Gasteiger charge is -2.34. The number of esters is 2. The average molecular weight is 228 g/mol. The van der Waals surface area contributed by atoms with Gasteiger partial charge in [0.2, 0.25) is 0 Å². The summed E-state index contributed by atoms with van der Waals surface area (Å²) in [5.41, 5.74) is 0.320. The van der Waals surface area contributed by atoms with Crippen molar-refractivity contribution in [2.24, 2.45) is 11.3 Å². The van der Waals surface area contributed by atoms with E-state index in [9.17, 15) is 9.59 Å². The van der Waals surface area contributed by atoms with Gasteiger partial charge in [0, 0.05) is 0 Å². The van der Waals surface area contributed by atoms with E-state index in [2.05, 4.69) is 18.6 Å². The lowest BCUT2D eigenvalue weighted by molar-refractivity contribution is -0.167. The van der Waals surface area contributed by atoms with Gasteiger partial charge in [-0.15, -0.1) is 0 Å². The number of carbonyl (C=O) groups excluding carboxylic acids is 2. The molecule has 0 radical (unpaired) electrons. The summed E-state index contributed by atoms with van der Waals surface area (Å²) in [6, 6.07) is 0. The van der Waals surface area contributed by atoms with Crippen molar-refractivity contribution in [3.05, 3.63) is 0 Å². The maximum Gasteiger partial charge on any atom is 0.417 e. The second-order valence-corrected chi connectivity index (χ2v) is 5.22. The van der Waals surface area contributed by atoms with Gasteiger partial charge >= 0.3 is 11.9 Å². The van der Waals surface area contributed by atoms with Gasteiger partial charge < -0.3 is 9.47 Å². The van der Waals surface area contributed by atoms with E-state index in [1.807, 2.05) is 0 Å². The van der Waals surface area contributed by atoms with Crippen molar-refractivity contribution < 1.29 is 19.1 Å². The van der Waals surface area contributed by atoms with Gasteiger partial charge in [-0.05, 0) is 30.6 Å². The fourth-order valence-electron chi connectivity index (χ4n) is 2.33. The van der Waals surface area contributed by atoms with Crippen LogP contribution in [-0.4, -0.2) is 25.7 Å². The van der Waals surface area contributed by atoms with Crippen LogP contribution in [0.15, 0.2) is 0 Å². The van der Waals surface area contributed by atoms with E-state index in [0.29, 0.717) is 17.9 Å². The Kier molecular flexibility index (Phi) is 4.33. The van der Waals surface area contributed by atoms with Crippen LogP contribution in [0.3, 0.4) is 0 Å². The first-order valence-corrected chi connectivity index (χ1v) is 5.70. The van der Waals surface area contributed by atoms with Crippen LogP contribution < -0.4 is 0 Å². The van der Waals surface area contributed by atoms with E-state index in [4.69, 9.17) is 4.74 Å². The highest BCUT2D eigenvalue weighted by Crippen LogP contribution is 2.38. The zero-order valence-electron chi connectivity index (χ0n) is 10.2. The zero-order valence-corrected chi connectivity index (χ0v) is 10.2. The molecule has 4 heteroatoms. The SMILES string of the molecule is COC(=O)C(=O)OCC1CCCC(C)(C)C1. The van der Waals surface area contributed by atoms with Gasteiger partial charge in [-0.3, -0.25) is 0 Å². The van der Waals surface area contributed by atoms with Crippen LogP contribution in [0.1, 0.15) is 39.5 Å². The van der Waals surface area contributed by atoms with Gasteiger partial charge in [0.25, 0.3) is 0 Å². The molecule has 16 heavy (non-hydrogen) atoms. The van der Waals surface area contributed by atoms with Gasteiger partial charge in [-0.1, -0.05) is 20.3 Å². The molecule has 0 N–H and O–H groups in total. The second-order valence-electron chi connectivity index (χ2n) is 5.22. The molecule has 0 saturated heterocycles. The molecule has 0 bridgehead atoms. The van der Waals surface area contributed by atoms with E-state index in [-0.39, 0.29) is 0 Å². The fraction of sp³-hybridized carbons (Fsp3) is 0.833. The summed E-state index contributed by atoms with van der Waals surface area (Å²) in [7, 11) is 1.17. The fourth-order valence-corrected chi connectivity index (χ4v) is 2.33. The van der Waals surface area contributed by atoms with Gasteiger partial charge in [-0.25, -0.2) is 9.59 Å². The molecule has 0 aromatic carbocycles.